The highest BCUT2D eigenvalue weighted by Crippen LogP contribution is 2.31. The van der Waals surface area contributed by atoms with E-state index in [1.54, 1.807) is 0 Å². The fourth-order valence-corrected chi connectivity index (χ4v) is 2.05. The van der Waals surface area contributed by atoms with Crippen LogP contribution < -0.4 is 5.32 Å². The lowest BCUT2D eigenvalue weighted by Gasteiger charge is -2.14. The number of rotatable bonds is 2. The van der Waals surface area contributed by atoms with Crippen molar-refractivity contribution in [1.29, 1.82) is 0 Å². The Balaban J connectivity index is 2.18. The zero-order valence-corrected chi connectivity index (χ0v) is 8.33. The number of aryl methyl sites for hydroxylation is 1. The molecule has 0 aliphatic heterocycles. The summed E-state index contributed by atoms with van der Waals surface area (Å²) in [6, 6.07) is 9.61. The van der Waals surface area contributed by atoms with E-state index in [4.69, 9.17) is 5.32 Å². The first-order chi connectivity index (χ1) is 6.27. The normalized spacial score (nSPS) is 20.7. The van der Waals surface area contributed by atoms with Crippen LogP contribution in [0.25, 0.3) is 0 Å². The van der Waals surface area contributed by atoms with Crippen LogP contribution in [0.4, 0.5) is 0 Å². The van der Waals surface area contributed by atoms with Crippen molar-refractivity contribution < 1.29 is 0 Å². The van der Waals surface area contributed by atoms with Crippen LogP contribution in [-0.4, -0.2) is 6.04 Å². The molecule has 0 saturated carbocycles. The molecule has 0 aromatic heterocycles. The Bertz CT molecular complexity index is 291. The van der Waals surface area contributed by atoms with E-state index >= 15 is 0 Å². The van der Waals surface area contributed by atoms with Crippen molar-refractivity contribution in [3.63, 3.8) is 0 Å². The highest BCUT2D eigenvalue weighted by molar-refractivity contribution is 5.34. The van der Waals surface area contributed by atoms with Gasteiger partial charge >= 0.3 is 0 Å². The van der Waals surface area contributed by atoms with Crippen LogP contribution in [0.5, 0.6) is 0 Å². The van der Waals surface area contributed by atoms with Gasteiger partial charge in [0, 0.05) is 6.04 Å². The standard InChI is InChI=1S/C12H16N/c1-9(2)13-12-8-7-10-5-3-4-6-11(10)12/h3-6,9,12H,7-8H2,1-2H3. The predicted octanol–water partition coefficient (Wildman–Crippen LogP) is 2.69. The molecule has 13 heavy (non-hydrogen) atoms. The van der Waals surface area contributed by atoms with Crippen molar-refractivity contribution in [3.8, 4) is 0 Å². The first-order valence-corrected chi connectivity index (χ1v) is 5.05. The summed E-state index contributed by atoms with van der Waals surface area (Å²) in [7, 11) is 0. The summed E-state index contributed by atoms with van der Waals surface area (Å²) in [4.78, 5) is 0. The Morgan fingerprint density at radius 1 is 1.31 bits per heavy atom. The number of fused-ring (bicyclic) bond motifs is 1. The molecule has 0 saturated heterocycles. The summed E-state index contributed by atoms with van der Waals surface area (Å²) < 4.78 is 0. The quantitative estimate of drug-likeness (QED) is 0.654. The van der Waals surface area contributed by atoms with Gasteiger partial charge < -0.3 is 0 Å². The van der Waals surface area contributed by atoms with Gasteiger partial charge in [-0.25, -0.2) is 5.32 Å². The predicted molar refractivity (Wildman–Crippen MR) is 54.8 cm³/mol. The molecule has 1 atom stereocenters. The second kappa shape index (κ2) is 3.51. The lowest BCUT2D eigenvalue weighted by molar-refractivity contribution is 0.463. The maximum absolute atomic E-state index is 4.72. The molecule has 1 unspecified atom stereocenters. The number of benzene rings is 1. The van der Waals surface area contributed by atoms with Crippen molar-refractivity contribution in [3.05, 3.63) is 35.4 Å². The summed E-state index contributed by atoms with van der Waals surface area (Å²) >= 11 is 0. The van der Waals surface area contributed by atoms with Gasteiger partial charge in [0.25, 0.3) is 0 Å². The van der Waals surface area contributed by atoms with Crippen LogP contribution in [0.15, 0.2) is 24.3 Å². The van der Waals surface area contributed by atoms with Crippen LogP contribution in [0.3, 0.4) is 0 Å². The average molecular weight is 174 g/mol. The van der Waals surface area contributed by atoms with Gasteiger partial charge in [-0.15, -0.1) is 0 Å². The molecular formula is C12H16N. The van der Waals surface area contributed by atoms with Crippen LogP contribution in [0.2, 0.25) is 0 Å². The molecule has 69 valence electrons. The topological polar surface area (TPSA) is 14.1 Å². The molecule has 0 spiro atoms. The minimum absolute atomic E-state index is 0.455. The summed E-state index contributed by atoms with van der Waals surface area (Å²) in [5.41, 5.74) is 2.95. The molecule has 1 aliphatic carbocycles. The maximum atomic E-state index is 4.72. The molecule has 0 heterocycles. The third kappa shape index (κ3) is 1.75. The summed E-state index contributed by atoms with van der Waals surface area (Å²) in [5.74, 6) is 0. The molecule has 1 aliphatic rings. The van der Waals surface area contributed by atoms with E-state index in [-0.39, 0.29) is 0 Å². The van der Waals surface area contributed by atoms with E-state index in [9.17, 15) is 0 Å². The fraction of sp³-hybridized carbons (Fsp3) is 0.500. The molecular weight excluding hydrogens is 158 g/mol. The smallest absolute Gasteiger partial charge is 0.0504 e. The Labute approximate surface area is 80.2 Å². The minimum atomic E-state index is 0.455. The highest BCUT2D eigenvalue weighted by Gasteiger charge is 2.22. The minimum Gasteiger partial charge on any atom is -0.231 e. The van der Waals surface area contributed by atoms with E-state index < -0.39 is 0 Å². The van der Waals surface area contributed by atoms with Gasteiger partial charge in [-0.3, -0.25) is 0 Å². The number of hydrogen-bond acceptors (Lipinski definition) is 0. The highest BCUT2D eigenvalue weighted by atomic mass is 14.9. The second-order valence-corrected chi connectivity index (χ2v) is 4.00. The summed E-state index contributed by atoms with van der Waals surface area (Å²) in [5, 5.41) is 4.72. The SMILES string of the molecule is CC(C)[N]C1CCc2ccccc21. The number of nitrogens with zero attached hydrogens (tertiary/aromatic N) is 1. The van der Waals surface area contributed by atoms with Crippen molar-refractivity contribution >= 4 is 0 Å². The Morgan fingerprint density at radius 2 is 2.08 bits per heavy atom. The van der Waals surface area contributed by atoms with Gasteiger partial charge in [0.2, 0.25) is 0 Å². The third-order valence-electron chi connectivity index (χ3n) is 2.58. The fourth-order valence-electron chi connectivity index (χ4n) is 2.05. The van der Waals surface area contributed by atoms with Gasteiger partial charge in [0.15, 0.2) is 0 Å². The monoisotopic (exact) mass is 174 g/mol. The first kappa shape index (κ1) is 8.76. The molecule has 1 nitrogen and oxygen atoms in total. The van der Waals surface area contributed by atoms with E-state index in [1.165, 1.54) is 24.0 Å². The molecule has 1 radical (unpaired) electrons. The van der Waals surface area contributed by atoms with Crippen molar-refractivity contribution in [1.82, 2.24) is 5.32 Å². The van der Waals surface area contributed by atoms with Gasteiger partial charge in [-0.1, -0.05) is 24.3 Å². The van der Waals surface area contributed by atoms with Crippen molar-refractivity contribution in [2.45, 2.75) is 38.8 Å². The zero-order valence-electron chi connectivity index (χ0n) is 8.33. The molecule has 0 bridgehead atoms. The molecule has 0 amide bonds. The molecule has 2 rings (SSSR count). The zero-order chi connectivity index (χ0) is 9.26. The lowest BCUT2D eigenvalue weighted by Crippen LogP contribution is -2.18. The second-order valence-electron chi connectivity index (χ2n) is 4.00. The van der Waals surface area contributed by atoms with E-state index in [0.29, 0.717) is 12.1 Å². The Morgan fingerprint density at radius 3 is 2.85 bits per heavy atom. The third-order valence-corrected chi connectivity index (χ3v) is 2.58. The molecule has 1 aromatic rings. The Kier molecular flexibility index (Phi) is 2.36. The summed E-state index contributed by atoms with van der Waals surface area (Å²) in [6.45, 7) is 4.31. The van der Waals surface area contributed by atoms with Gasteiger partial charge in [-0.2, -0.15) is 0 Å². The summed E-state index contributed by atoms with van der Waals surface area (Å²) in [6.07, 6.45) is 2.41. The average Bonchev–Trinajstić information content (AvgIpc) is 2.48. The Hall–Kier alpha value is -0.820. The van der Waals surface area contributed by atoms with E-state index in [1.807, 2.05) is 0 Å². The van der Waals surface area contributed by atoms with Gasteiger partial charge in [0.05, 0.1) is 6.04 Å². The molecule has 1 heteroatoms. The van der Waals surface area contributed by atoms with Crippen molar-refractivity contribution in [2.24, 2.45) is 0 Å². The lowest BCUT2D eigenvalue weighted by atomic mass is 10.1. The van der Waals surface area contributed by atoms with Crippen LogP contribution >= 0.6 is 0 Å². The largest absolute Gasteiger partial charge is 0.231 e. The van der Waals surface area contributed by atoms with Gasteiger partial charge in [-0.05, 0) is 37.8 Å². The van der Waals surface area contributed by atoms with Crippen LogP contribution in [-0.2, 0) is 6.42 Å². The van der Waals surface area contributed by atoms with E-state index in [0.717, 1.165) is 0 Å². The van der Waals surface area contributed by atoms with Gasteiger partial charge in [0.1, 0.15) is 0 Å². The first-order valence-electron chi connectivity index (χ1n) is 5.05. The van der Waals surface area contributed by atoms with E-state index in [2.05, 4.69) is 38.1 Å². The molecule has 1 aromatic carbocycles. The van der Waals surface area contributed by atoms with Crippen LogP contribution in [0, 0.1) is 0 Å². The molecule has 0 N–H and O–H groups in total. The van der Waals surface area contributed by atoms with Crippen LogP contribution in [0.1, 0.15) is 37.4 Å². The maximum Gasteiger partial charge on any atom is 0.0504 e. The number of hydrogen-bond donors (Lipinski definition) is 0. The molecule has 0 fully saturated rings. The van der Waals surface area contributed by atoms with Crippen molar-refractivity contribution in [2.75, 3.05) is 0 Å².